The third kappa shape index (κ3) is 4.49. The Bertz CT molecular complexity index is 2810. The summed E-state index contributed by atoms with van der Waals surface area (Å²) in [5.41, 5.74) is 8.32. The lowest BCUT2D eigenvalue weighted by Gasteiger charge is -2.12. The van der Waals surface area contributed by atoms with Gasteiger partial charge in [-0.3, -0.25) is 4.57 Å². The molecule has 1 aliphatic carbocycles. The van der Waals surface area contributed by atoms with E-state index in [1.807, 2.05) is 42.5 Å². The fraction of sp³-hybridized carbons (Fsp3) is 0.0455. The summed E-state index contributed by atoms with van der Waals surface area (Å²) in [7, 11) is 0. The lowest BCUT2D eigenvalue weighted by atomic mass is 10.1. The maximum Gasteiger partial charge on any atom is 0.182 e. The second-order valence-electron chi connectivity index (χ2n) is 12.6. The smallest absolute Gasteiger partial charge is 0.182 e. The number of hydrogen-bond donors (Lipinski definition) is 0. The molecule has 6 nitrogen and oxygen atoms in total. The van der Waals surface area contributed by atoms with Crippen molar-refractivity contribution in [1.29, 1.82) is 0 Å². The van der Waals surface area contributed by atoms with Gasteiger partial charge in [-0.05, 0) is 61.4 Å². The Morgan fingerprint density at radius 3 is 1.78 bits per heavy atom. The molecular formula is C44H30N6. The first kappa shape index (κ1) is 28.4. The molecule has 5 aromatic carbocycles. The highest BCUT2D eigenvalue weighted by Gasteiger charge is 2.21. The molecule has 0 amide bonds. The minimum atomic E-state index is 0.546. The molecule has 0 saturated carbocycles. The fourth-order valence-corrected chi connectivity index (χ4v) is 7.41. The minimum Gasteiger partial charge on any atom is -0.309 e. The lowest BCUT2D eigenvalue weighted by molar-refractivity contribution is 0.994. The normalized spacial score (nSPS) is 13.1. The van der Waals surface area contributed by atoms with E-state index >= 15 is 0 Å². The van der Waals surface area contributed by atoms with E-state index in [1.165, 1.54) is 32.6 Å². The van der Waals surface area contributed by atoms with Crippen LogP contribution < -0.4 is 0 Å². The van der Waals surface area contributed by atoms with Gasteiger partial charge in [-0.1, -0.05) is 109 Å². The predicted molar refractivity (Wildman–Crippen MR) is 204 cm³/mol. The highest BCUT2D eigenvalue weighted by atomic mass is 15.1. The van der Waals surface area contributed by atoms with Crippen molar-refractivity contribution in [3.8, 4) is 34.4 Å². The summed E-state index contributed by atoms with van der Waals surface area (Å²) < 4.78 is 4.64. The quantitative estimate of drug-likeness (QED) is 0.187. The number of aromatic nitrogens is 6. The molecule has 10 rings (SSSR count). The molecule has 0 radical (unpaired) electrons. The van der Waals surface area contributed by atoms with Crippen molar-refractivity contribution in [3.05, 3.63) is 164 Å². The zero-order chi connectivity index (χ0) is 33.0. The molecule has 0 spiro atoms. The second kappa shape index (κ2) is 11.5. The van der Waals surface area contributed by atoms with Crippen molar-refractivity contribution in [2.45, 2.75) is 12.8 Å². The topological polar surface area (TPSA) is 61.4 Å². The molecule has 0 bridgehead atoms. The van der Waals surface area contributed by atoms with Crippen molar-refractivity contribution in [2.75, 3.05) is 0 Å². The van der Waals surface area contributed by atoms with Crippen molar-refractivity contribution in [1.82, 2.24) is 29.1 Å². The van der Waals surface area contributed by atoms with Gasteiger partial charge in [0.1, 0.15) is 11.5 Å². The molecule has 0 N–H and O–H groups in total. The highest BCUT2D eigenvalue weighted by Crippen LogP contribution is 2.42. The molecule has 4 heterocycles. The highest BCUT2D eigenvalue weighted by molar-refractivity contribution is 6.28. The van der Waals surface area contributed by atoms with Gasteiger partial charge in [-0.2, -0.15) is 0 Å². The summed E-state index contributed by atoms with van der Waals surface area (Å²) in [6.45, 7) is 0. The summed E-state index contributed by atoms with van der Waals surface area (Å²) in [5, 5.41) is 4.84. The Hall–Kier alpha value is -6.66. The van der Waals surface area contributed by atoms with Gasteiger partial charge in [-0.15, -0.1) is 0 Å². The van der Waals surface area contributed by atoms with E-state index in [0.29, 0.717) is 23.2 Å². The number of para-hydroxylation sites is 3. The largest absolute Gasteiger partial charge is 0.309 e. The molecule has 9 aromatic rings. The van der Waals surface area contributed by atoms with E-state index in [0.717, 1.165) is 46.5 Å². The van der Waals surface area contributed by atoms with Gasteiger partial charge < -0.3 is 4.57 Å². The van der Waals surface area contributed by atoms with E-state index in [2.05, 4.69) is 124 Å². The SMILES string of the molecule is C1=CC(c2nc(-c3ccccc3)nc(-c3cccc(-n4c5ccccc5c5c6c7ccccc7n(-c7ccccc7)c6ccc54)n3)n2)=CCC1. The van der Waals surface area contributed by atoms with Crippen molar-refractivity contribution in [2.24, 2.45) is 0 Å². The summed E-state index contributed by atoms with van der Waals surface area (Å²) in [6.07, 6.45) is 8.47. The average molecular weight is 643 g/mol. The summed E-state index contributed by atoms with van der Waals surface area (Å²) in [6, 6.07) is 48.6. The molecule has 4 aromatic heterocycles. The van der Waals surface area contributed by atoms with Gasteiger partial charge in [0.2, 0.25) is 0 Å². The van der Waals surface area contributed by atoms with E-state index < -0.39 is 0 Å². The number of nitrogens with zero attached hydrogens (tertiary/aromatic N) is 6. The number of benzene rings is 5. The molecule has 0 atom stereocenters. The fourth-order valence-electron chi connectivity index (χ4n) is 7.41. The van der Waals surface area contributed by atoms with E-state index in [9.17, 15) is 0 Å². The first-order chi connectivity index (χ1) is 24.8. The van der Waals surface area contributed by atoms with E-state index in [4.69, 9.17) is 19.9 Å². The third-order valence-electron chi connectivity index (χ3n) is 9.60. The van der Waals surface area contributed by atoms with Gasteiger partial charge in [0, 0.05) is 38.4 Å². The molecule has 0 unspecified atom stereocenters. The first-order valence-corrected chi connectivity index (χ1v) is 17.0. The molecule has 0 fully saturated rings. The van der Waals surface area contributed by atoms with Gasteiger partial charge in [0.25, 0.3) is 0 Å². The van der Waals surface area contributed by atoms with Crippen LogP contribution in [0.3, 0.4) is 0 Å². The molecule has 0 aliphatic heterocycles. The molecule has 6 heteroatoms. The maximum absolute atomic E-state index is 5.27. The Morgan fingerprint density at radius 1 is 0.440 bits per heavy atom. The van der Waals surface area contributed by atoms with Gasteiger partial charge >= 0.3 is 0 Å². The summed E-state index contributed by atoms with van der Waals surface area (Å²) >= 11 is 0. The van der Waals surface area contributed by atoms with Crippen molar-refractivity contribution < 1.29 is 0 Å². The van der Waals surface area contributed by atoms with Crippen LogP contribution in [0.15, 0.2) is 158 Å². The first-order valence-electron chi connectivity index (χ1n) is 17.0. The average Bonchev–Trinajstić information content (AvgIpc) is 3.72. The molecule has 1 aliphatic rings. The van der Waals surface area contributed by atoms with Gasteiger partial charge in [0.05, 0.1) is 22.1 Å². The Balaban J connectivity index is 1.21. The van der Waals surface area contributed by atoms with Crippen molar-refractivity contribution in [3.63, 3.8) is 0 Å². The van der Waals surface area contributed by atoms with Gasteiger partial charge in [0.15, 0.2) is 17.5 Å². The molecule has 50 heavy (non-hydrogen) atoms. The zero-order valence-electron chi connectivity index (χ0n) is 27.1. The van der Waals surface area contributed by atoms with Crippen LogP contribution in [-0.2, 0) is 0 Å². The van der Waals surface area contributed by atoms with E-state index in [-0.39, 0.29) is 0 Å². The van der Waals surface area contributed by atoms with Crippen molar-refractivity contribution >= 4 is 49.2 Å². The minimum absolute atomic E-state index is 0.546. The Morgan fingerprint density at radius 2 is 1.06 bits per heavy atom. The van der Waals surface area contributed by atoms with Crippen LogP contribution in [0, 0.1) is 0 Å². The van der Waals surface area contributed by atoms with Crippen LogP contribution in [-0.4, -0.2) is 29.1 Å². The van der Waals surface area contributed by atoms with Crippen LogP contribution in [0.5, 0.6) is 0 Å². The summed E-state index contributed by atoms with van der Waals surface area (Å²) in [4.78, 5) is 20.1. The number of allylic oxidation sites excluding steroid dienone is 4. The zero-order valence-corrected chi connectivity index (χ0v) is 27.1. The predicted octanol–water partition coefficient (Wildman–Crippen LogP) is 10.5. The number of rotatable bonds is 5. The molecule has 0 saturated heterocycles. The Kier molecular flexibility index (Phi) is 6.52. The number of pyridine rings is 1. The van der Waals surface area contributed by atoms with Crippen LogP contribution in [0.2, 0.25) is 0 Å². The molecule has 236 valence electrons. The maximum atomic E-state index is 5.27. The molecular weight excluding hydrogens is 613 g/mol. The number of hydrogen-bond acceptors (Lipinski definition) is 4. The second-order valence-corrected chi connectivity index (χ2v) is 12.6. The van der Waals surface area contributed by atoms with Crippen LogP contribution in [0.4, 0.5) is 0 Å². The lowest BCUT2D eigenvalue weighted by Crippen LogP contribution is -2.05. The van der Waals surface area contributed by atoms with Crippen LogP contribution >= 0.6 is 0 Å². The van der Waals surface area contributed by atoms with Crippen LogP contribution in [0.25, 0.3) is 83.6 Å². The van der Waals surface area contributed by atoms with Gasteiger partial charge in [-0.25, -0.2) is 19.9 Å². The third-order valence-corrected chi connectivity index (χ3v) is 9.60. The standard InChI is InChI=1S/C44H30N6/c1-4-15-29(16-5-1)42-46-43(30-17-6-2-7-18-30)48-44(47-42)34-23-14-26-39(45-34)50-36-25-13-11-22-33(36)41-38(50)28-27-37-40(41)32-21-10-12-24-35(32)49(37)31-19-8-3-9-20-31/h1,3-6,8-28H,2,7H2. The Labute approximate surface area is 288 Å². The summed E-state index contributed by atoms with van der Waals surface area (Å²) in [5.74, 6) is 2.64. The monoisotopic (exact) mass is 642 g/mol. The van der Waals surface area contributed by atoms with E-state index in [1.54, 1.807) is 0 Å². The number of fused-ring (bicyclic) bond motifs is 7. The van der Waals surface area contributed by atoms with Crippen LogP contribution in [0.1, 0.15) is 18.7 Å².